The minimum Gasteiger partial charge on any atom is -0.397 e. The van der Waals surface area contributed by atoms with Crippen molar-refractivity contribution in [1.29, 1.82) is 0 Å². The lowest BCUT2D eigenvalue weighted by Crippen LogP contribution is -2.29. The Morgan fingerprint density at radius 1 is 1.47 bits per heavy atom. The Balaban J connectivity index is 2.53. The van der Waals surface area contributed by atoms with Gasteiger partial charge in [0, 0.05) is 10.7 Å². The molecule has 1 aromatic carbocycles. The minimum atomic E-state index is -0.389. The average Bonchev–Trinajstić information content (AvgIpc) is 2.56. The predicted octanol–water partition coefficient (Wildman–Crippen LogP) is 2.76. The van der Waals surface area contributed by atoms with Crippen LogP contribution in [0.2, 0.25) is 0 Å². The molecule has 3 N–H and O–H groups in total. The zero-order chi connectivity index (χ0) is 12.6. The topological polar surface area (TPSA) is 55.1 Å². The van der Waals surface area contributed by atoms with Gasteiger partial charge in [-0.15, -0.1) is 11.3 Å². The van der Waals surface area contributed by atoms with Gasteiger partial charge in [0.1, 0.15) is 10.7 Å². The molecule has 2 rings (SSSR count). The van der Waals surface area contributed by atoms with E-state index in [0.29, 0.717) is 15.0 Å². The highest BCUT2D eigenvalue weighted by atomic mass is 32.1. The molecule has 0 aliphatic heterocycles. The van der Waals surface area contributed by atoms with Crippen LogP contribution in [0.15, 0.2) is 18.2 Å². The smallest absolute Gasteiger partial charge is 0.263 e. The van der Waals surface area contributed by atoms with E-state index in [1.165, 1.54) is 17.4 Å². The van der Waals surface area contributed by atoms with Crippen molar-refractivity contribution < 1.29 is 9.18 Å². The summed E-state index contributed by atoms with van der Waals surface area (Å²) in [6, 6.07) is 4.73. The number of hydrogen-bond donors (Lipinski definition) is 2. The minimum absolute atomic E-state index is 0.0250. The van der Waals surface area contributed by atoms with Crippen molar-refractivity contribution in [1.82, 2.24) is 5.32 Å². The number of nitrogen functional groups attached to an aromatic ring is 1. The first kappa shape index (κ1) is 11.9. The summed E-state index contributed by atoms with van der Waals surface area (Å²) in [4.78, 5) is 12.2. The number of nitrogens with two attached hydrogens (primary N) is 1. The Kier molecular flexibility index (Phi) is 3.02. The number of benzene rings is 1. The molecule has 0 spiro atoms. The molecule has 0 aliphatic carbocycles. The van der Waals surface area contributed by atoms with E-state index in [4.69, 9.17) is 5.73 Å². The van der Waals surface area contributed by atoms with Crippen molar-refractivity contribution in [2.45, 2.75) is 19.9 Å². The van der Waals surface area contributed by atoms with Crippen LogP contribution in [0.25, 0.3) is 10.1 Å². The number of carbonyl (C=O) groups excluding carboxylic acids is 1. The van der Waals surface area contributed by atoms with E-state index < -0.39 is 0 Å². The molecule has 0 saturated heterocycles. The average molecular weight is 252 g/mol. The summed E-state index contributed by atoms with van der Waals surface area (Å²) < 4.78 is 14.3. The lowest BCUT2D eigenvalue weighted by Gasteiger charge is -2.06. The van der Waals surface area contributed by atoms with Crippen molar-refractivity contribution in [2.24, 2.45) is 0 Å². The first-order valence-corrected chi connectivity index (χ1v) is 6.09. The predicted molar refractivity (Wildman–Crippen MR) is 68.8 cm³/mol. The summed E-state index contributed by atoms with van der Waals surface area (Å²) in [5, 5.41) is 3.09. The zero-order valence-electron chi connectivity index (χ0n) is 9.58. The van der Waals surface area contributed by atoms with E-state index in [1.807, 2.05) is 13.8 Å². The van der Waals surface area contributed by atoms with E-state index in [9.17, 15) is 9.18 Å². The number of hydrogen-bond acceptors (Lipinski definition) is 3. The van der Waals surface area contributed by atoms with Crippen LogP contribution in [-0.4, -0.2) is 11.9 Å². The summed E-state index contributed by atoms with van der Waals surface area (Å²) in [6.07, 6.45) is 0. The van der Waals surface area contributed by atoms with E-state index in [0.717, 1.165) is 0 Å². The first-order valence-electron chi connectivity index (χ1n) is 5.28. The Bertz CT molecular complexity index is 577. The van der Waals surface area contributed by atoms with Crippen molar-refractivity contribution in [2.75, 3.05) is 5.73 Å². The Morgan fingerprint density at radius 2 is 2.18 bits per heavy atom. The van der Waals surface area contributed by atoms with Crippen LogP contribution in [-0.2, 0) is 0 Å². The number of rotatable bonds is 2. The molecule has 2 aromatic rings. The summed E-state index contributed by atoms with van der Waals surface area (Å²) >= 11 is 1.21. The quantitative estimate of drug-likeness (QED) is 0.863. The van der Waals surface area contributed by atoms with Crippen LogP contribution in [0.3, 0.4) is 0 Å². The summed E-state index contributed by atoms with van der Waals surface area (Å²) in [5.74, 6) is -0.641. The number of thiophene rings is 1. The molecule has 0 bridgehead atoms. The number of fused-ring (bicyclic) bond motifs is 1. The summed E-state index contributed by atoms with van der Waals surface area (Å²) in [7, 11) is 0. The fraction of sp³-hybridized carbons (Fsp3) is 0.250. The maximum atomic E-state index is 13.6. The molecule has 1 aromatic heterocycles. The molecule has 5 heteroatoms. The van der Waals surface area contributed by atoms with Gasteiger partial charge < -0.3 is 11.1 Å². The number of anilines is 1. The van der Waals surface area contributed by atoms with Crippen LogP contribution in [0.1, 0.15) is 23.5 Å². The van der Waals surface area contributed by atoms with Crippen LogP contribution < -0.4 is 11.1 Å². The van der Waals surface area contributed by atoms with E-state index >= 15 is 0 Å². The van der Waals surface area contributed by atoms with Crippen LogP contribution in [0.4, 0.5) is 10.1 Å². The van der Waals surface area contributed by atoms with Gasteiger partial charge in [-0.1, -0.05) is 6.07 Å². The molecule has 0 aliphatic rings. The molecule has 17 heavy (non-hydrogen) atoms. The summed E-state index contributed by atoms with van der Waals surface area (Å²) in [6.45, 7) is 3.73. The van der Waals surface area contributed by atoms with Crippen molar-refractivity contribution in [3.63, 3.8) is 0 Å². The lowest BCUT2D eigenvalue weighted by atomic mass is 10.2. The third-order valence-corrected chi connectivity index (χ3v) is 3.50. The maximum absolute atomic E-state index is 13.6. The molecule has 90 valence electrons. The molecule has 3 nitrogen and oxygen atoms in total. The number of carbonyl (C=O) groups is 1. The highest BCUT2D eigenvalue weighted by Crippen LogP contribution is 2.35. The van der Waals surface area contributed by atoms with Gasteiger partial charge >= 0.3 is 0 Å². The van der Waals surface area contributed by atoms with Gasteiger partial charge in [0.25, 0.3) is 5.91 Å². The fourth-order valence-corrected chi connectivity index (χ4v) is 2.67. The van der Waals surface area contributed by atoms with E-state index in [1.54, 1.807) is 12.1 Å². The largest absolute Gasteiger partial charge is 0.397 e. The molecule has 1 heterocycles. The van der Waals surface area contributed by atoms with Crippen LogP contribution in [0.5, 0.6) is 0 Å². The van der Waals surface area contributed by atoms with Crippen LogP contribution >= 0.6 is 11.3 Å². The van der Waals surface area contributed by atoms with Gasteiger partial charge in [0.2, 0.25) is 0 Å². The number of amides is 1. The molecular formula is C12H13FN2OS. The monoisotopic (exact) mass is 252 g/mol. The Labute approximate surface area is 102 Å². The fourth-order valence-electron chi connectivity index (χ4n) is 1.63. The second-order valence-electron chi connectivity index (χ2n) is 4.09. The lowest BCUT2D eigenvalue weighted by molar-refractivity contribution is 0.0948. The molecular weight excluding hydrogens is 239 g/mol. The van der Waals surface area contributed by atoms with Crippen molar-refractivity contribution in [3.05, 3.63) is 28.9 Å². The standard InChI is InChI=1S/C12H13FN2OS/c1-6(2)15-12(16)11-10(14)9-7(13)4-3-5-8(9)17-11/h3-6H,14H2,1-2H3,(H,15,16). The number of halogens is 1. The first-order chi connectivity index (χ1) is 8.00. The molecule has 0 unspecified atom stereocenters. The highest BCUT2D eigenvalue weighted by Gasteiger charge is 2.18. The second kappa shape index (κ2) is 4.33. The van der Waals surface area contributed by atoms with E-state index in [2.05, 4.69) is 5.32 Å². The van der Waals surface area contributed by atoms with Crippen molar-refractivity contribution >= 4 is 33.0 Å². The third kappa shape index (κ3) is 2.10. The van der Waals surface area contributed by atoms with Gasteiger partial charge in [-0.25, -0.2) is 4.39 Å². The third-order valence-electron chi connectivity index (χ3n) is 2.33. The molecule has 0 radical (unpaired) electrons. The zero-order valence-corrected chi connectivity index (χ0v) is 10.4. The van der Waals surface area contributed by atoms with Gasteiger partial charge in [-0.3, -0.25) is 4.79 Å². The van der Waals surface area contributed by atoms with E-state index in [-0.39, 0.29) is 23.5 Å². The second-order valence-corrected chi connectivity index (χ2v) is 5.14. The molecule has 0 saturated carbocycles. The maximum Gasteiger partial charge on any atom is 0.263 e. The van der Waals surface area contributed by atoms with Crippen LogP contribution in [0, 0.1) is 5.82 Å². The Morgan fingerprint density at radius 3 is 2.76 bits per heavy atom. The van der Waals surface area contributed by atoms with Gasteiger partial charge in [-0.2, -0.15) is 0 Å². The van der Waals surface area contributed by atoms with Gasteiger partial charge in [0.05, 0.1) is 11.1 Å². The number of nitrogens with one attached hydrogen (secondary N) is 1. The SMILES string of the molecule is CC(C)NC(=O)c1sc2cccc(F)c2c1N. The Hall–Kier alpha value is -1.62. The van der Waals surface area contributed by atoms with Gasteiger partial charge in [0.15, 0.2) is 0 Å². The van der Waals surface area contributed by atoms with Gasteiger partial charge in [-0.05, 0) is 26.0 Å². The normalized spacial score (nSPS) is 11.1. The molecule has 0 atom stereocenters. The van der Waals surface area contributed by atoms with Crippen molar-refractivity contribution in [3.8, 4) is 0 Å². The molecule has 0 fully saturated rings. The summed E-state index contributed by atoms with van der Waals surface area (Å²) in [5.41, 5.74) is 6.05. The highest BCUT2D eigenvalue weighted by molar-refractivity contribution is 7.21. The molecule has 1 amide bonds.